The zero-order valence-electron chi connectivity index (χ0n) is 23.6. The molecule has 0 aromatic heterocycles. The first kappa shape index (κ1) is 28.9. The van der Waals surface area contributed by atoms with Crippen LogP contribution in [-0.2, 0) is 19.1 Å². The minimum absolute atomic E-state index is 0.126. The Balaban J connectivity index is 1.38. The van der Waals surface area contributed by atoms with E-state index in [-0.39, 0.29) is 24.3 Å². The van der Waals surface area contributed by atoms with Gasteiger partial charge in [-0.3, -0.25) is 14.4 Å². The zero-order valence-corrected chi connectivity index (χ0v) is 23.6. The number of carbonyl (C=O) groups is 3. The predicted octanol–water partition coefficient (Wildman–Crippen LogP) is 3.60. The number of likely N-dealkylation sites (tertiary alicyclic amines) is 1. The second-order valence-corrected chi connectivity index (χ2v) is 10.9. The fourth-order valence-electron chi connectivity index (χ4n) is 6.65. The number of aliphatic hydroxyl groups excluding tert-OH is 1. The first-order valence-corrected chi connectivity index (χ1v) is 14.5. The molecule has 10 heteroatoms. The van der Waals surface area contributed by atoms with Crippen molar-refractivity contribution in [3.05, 3.63) is 48.5 Å². The Labute approximate surface area is 240 Å². The van der Waals surface area contributed by atoms with Crippen LogP contribution in [0.3, 0.4) is 0 Å². The highest BCUT2D eigenvalue weighted by molar-refractivity contribution is 6.05. The summed E-state index contributed by atoms with van der Waals surface area (Å²) >= 11 is 0. The SMILES string of the molecule is CCOc1ccc(NC(=O)[C@@H]2[C@H]3C(=O)N(CCCCCCO)C(C(=O)Nc4ccc(OC)cc4)C34CC[C@H]2O4)cc1. The van der Waals surface area contributed by atoms with E-state index in [0.29, 0.717) is 61.7 Å². The molecule has 220 valence electrons. The molecular weight excluding hydrogens is 526 g/mol. The molecule has 2 unspecified atom stereocenters. The lowest BCUT2D eigenvalue weighted by atomic mass is 9.70. The van der Waals surface area contributed by atoms with Crippen LogP contribution in [0.1, 0.15) is 45.4 Å². The lowest BCUT2D eigenvalue weighted by molar-refractivity contribution is -0.139. The van der Waals surface area contributed by atoms with Crippen molar-refractivity contribution in [1.29, 1.82) is 0 Å². The molecule has 2 aromatic carbocycles. The number of hydrogen-bond acceptors (Lipinski definition) is 7. The molecule has 3 N–H and O–H groups in total. The summed E-state index contributed by atoms with van der Waals surface area (Å²) in [6.45, 7) is 2.96. The molecule has 0 saturated carbocycles. The van der Waals surface area contributed by atoms with Crippen molar-refractivity contribution >= 4 is 29.1 Å². The van der Waals surface area contributed by atoms with Crippen LogP contribution >= 0.6 is 0 Å². The van der Waals surface area contributed by atoms with Gasteiger partial charge in [0.1, 0.15) is 23.1 Å². The van der Waals surface area contributed by atoms with Crippen LogP contribution in [0.5, 0.6) is 11.5 Å². The molecule has 1 spiro atoms. The highest BCUT2D eigenvalue weighted by Crippen LogP contribution is 2.58. The van der Waals surface area contributed by atoms with Gasteiger partial charge in [-0.15, -0.1) is 0 Å². The number of anilines is 2. The van der Waals surface area contributed by atoms with Crippen LogP contribution in [0.4, 0.5) is 11.4 Å². The van der Waals surface area contributed by atoms with E-state index in [2.05, 4.69) is 10.6 Å². The molecule has 41 heavy (non-hydrogen) atoms. The Kier molecular flexibility index (Phi) is 8.79. The van der Waals surface area contributed by atoms with E-state index < -0.39 is 29.6 Å². The maximum atomic E-state index is 14.0. The van der Waals surface area contributed by atoms with Crippen molar-refractivity contribution < 1.29 is 33.7 Å². The summed E-state index contributed by atoms with van der Waals surface area (Å²) < 4.78 is 17.2. The average Bonchev–Trinajstić information content (AvgIpc) is 3.62. The maximum Gasteiger partial charge on any atom is 0.250 e. The van der Waals surface area contributed by atoms with Crippen molar-refractivity contribution in [3.8, 4) is 11.5 Å². The number of fused-ring (bicyclic) bond motifs is 1. The Morgan fingerprint density at radius 1 is 0.976 bits per heavy atom. The van der Waals surface area contributed by atoms with Gasteiger partial charge in [-0.2, -0.15) is 0 Å². The van der Waals surface area contributed by atoms with Crippen LogP contribution in [0.25, 0.3) is 0 Å². The highest BCUT2D eigenvalue weighted by Gasteiger charge is 2.74. The summed E-state index contributed by atoms with van der Waals surface area (Å²) in [6.07, 6.45) is 3.73. The number of nitrogens with zero attached hydrogens (tertiary/aromatic N) is 1. The number of benzene rings is 2. The van der Waals surface area contributed by atoms with Gasteiger partial charge in [-0.05, 0) is 81.1 Å². The van der Waals surface area contributed by atoms with Gasteiger partial charge in [-0.1, -0.05) is 12.8 Å². The van der Waals surface area contributed by atoms with Crippen LogP contribution in [0.2, 0.25) is 0 Å². The highest BCUT2D eigenvalue weighted by atomic mass is 16.5. The minimum Gasteiger partial charge on any atom is -0.497 e. The quantitative estimate of drug-likeness (QED) is 0.317. The molecule has 0 aliphatic carbocycles. The van der Waals surface area contributed by atoms with Crippen molar-refractivity contribution in [2.45, 2.75) is 63.2 Å². The average molecular weight is 566 g/mol. The van der Waals surface area contributed by atoms with E-state index in [4.69, 9.17) is 19.3 Å². The summed E-state index contributed by atoms with van der Waals surface area (Å²) in [5.41, 5.74) is 0.128. The minimum atomic E-state index is -1.07. The molecule has 2 aromatic rings. The lowest BCUT2D eigenvalue weighted by Crippen LogP contribution is -2.53. The van der Waals surface area contributed by atoms with Gasteiger partial charge in [0.15, 0.2) is 0 Å². The molecule has 5 atom stereocenters. The van der Waals surface area contributed by atoms with Gasteiger partial charge < -0.3 is 34.9 Å². The smallest absolute Gasteiger partial charge is 0.250 e. The van der Waals surface area contributed by atoms with Crippen molar-refractivity contribution in [3.63, 3.8) is 0 Å². The summed E-state index contributed by atoms with van der Waals surface area (Å²) in [4.78, 5) is 43.2. The number of carbonyl (C=O) groups excluding carboxylic acids is 3. The second kappa shape index (κ2) is 12.5. The second-order valence-electron chi connectivity index (χ2n) is 10.9. The van der Waals surface area contributed by atoms with E-state index >= 15 is 0 Å². The van der Waals surface area contributed by atoms with Crippen molar-refractivity contribution in [2.24, 2.45) is 11.8 Å². The fraction of sp³-hybridized carbons (Fsp3) is 0.516. The van der Waals surface area contributed by atoms with E-state index in [1.165, 1.54) is 0 Å². The molecule has 10 nitrogen and oxygen atoms in total. The molecule has 2 bridgehead atoms. The van der Waals surface area contributed by atoms with E-state index in [1.807, 2.05) is 6.92 Å². The third-order valence-electron chi connectivity index (χ3n) is 8.45. The lowest BCUT2D eigenvalue weighted by Gasteiger charge is -2.33. The van der Waals surface area contributed by atoms with E-state index in [0.717, 1.165) is 12.8 Å². The van der Waals surface area contributed by atoms with Crippen LogP contribution < -0.4 is 20.1 Å². The molecule has 5 rings (SSSR count). The number of rotatable bonds is 13. The van der Waals surface area contributed by atoms with E-state index in [9.17, 15) is 14.4 Å². The van der Waals surface area contributed by atoms with Gasteiger partial charge in [0.2, 0.25) is 17.7 Å². The number of amides is 3. The van der Waals surface area contributed by atoms with Gasteiger partial charge in [0.25, 0.3) is 0 Å². The number of methoxy groups -OCH3 is 1. The first-order valence-electron chi connectivity index (χ1n) is 14.5. The van der Waals surface area contributed by atoms with Crippen LogP contribution in [-0.4, -0.2) is 72.3 Å². The maximum absolute atomic E-state index is 14.0. The summed E-state index contributed by atoms with van der Waals surface area (Å²) in [7, 11) is 1.58. The molecular formula is C31H39N3O7. The number of ether oxygens (including phenoxy) is 3. The molecule has 3 saturated heterocycles. The van der Waals surface area contributed by atoms with Crippen LogP contribution in [0.15, 0.2) is 48.5 Å². The molecule has 3 aliphatic rings. The summed E-state index contributed by atoms with van der Waals surface area (Å²) in [5.74, 6) is -0.879. The number of unbranched alkanes of at least 4 members (excludes halogenated alkanes) is 3. The van der Waals surface area contributed by atoms with Gasteiger partial charge >= 0.3 is 0 Å². The first-order chi connectivity index (χ1) is 19.9. The number of aliphatic hydroxyl groups is 1. The number of nitrogens with one attached hydrogen (secondary N) is 2. The third-order valence-corrected chi connectivity index (χ3v) is 8.45. The number of hydrogen-bond donors (Lipinski definition) is 3. The molecule has 0 radical (unpaired) electrons. The Hall–Kier alpha value is -3.63. The van der Waals surface area contributed by atoms with Crippen molar-refractivity contribution in [2.75, 3.05) is 37.5 Å². The van der Waals surface area contributed by atoms with E-state index in [1.54, 1.807) is 60.5 Å². The van der Waals surface area contributed by atoms with Gasteiger partial charge in [0, 0.05) is 24.5 Å². The largest absolute Gasteiger partial charge is 0.497 e. The molecule has 3 amide bonds. The van der Waals surface area contributed by atoms with Crippen molar-refractivity contribution in [1.82, 2.24) is 4.90 Å². The predicted molar refractivity (Wildman–Crippen MR) is 153 cm³/mol. The Morgan fingerprint density at radius 3 is 2.24 bits per heavy atom. The molecule has 3 heterocycles. The summed E-state index contributed by atoms with van der Waals surface area (Å²) in [5, 5.41) is 15.1. The fourth-order valence-corrected chi connectivity index (χ4v) is 6.65. The normalized spacial score (nSPS) is 26.1. The van der Waals surface area contributed by atoms with Crippen LogP contribution in [0, 0.1) is 11.8 Å². The monoisotopic (exact) mass is 565 g/mol. The zero-order chi connectivity index (χ0) is 29.0. The Bertz CT molecular complexity index is 1240. The third kappa shape index (κ3) is 5.63. The summed E-state index contributed by atoms with van der Waals surface area (Å²) in [6, 6.07) is 13.3. The standard InChI is InChI=1S/C31H39N3O7/c1-3-40-23-14-10-20(11-15-23)32-28(36)25-24-16-17-31(41-24)26(25)30(38)34(18-6-4-5-7-19-35)27(31)29(37)33-21-8-12-22(39-2)13-9-21/h8-15,24-27,35H,3-7,16-19H2,1-2H3,(H,32,36)(H,33,37)/t24-,25+,26+,27?,31?/m1/s1. The molecule has 3 fully saturated rings. The molecule has 3 aliphatic heterocycles. The Morgan fingerprint density at radius 2 is 1.61 bits per heavy atom. The topological polar surface area (TPSA) is 126 Å². The van der Waals surface area contributed by atoms with Gasteiger partial charge in [-0.25, -0.2) is 0 Å². The van der Waals surface area contributed by atoms with Gasteiger partial charge in [0.05, 0.1) is 31.7 Å².